The normalized spacial score (nSPS) is 25.9. The maximum Gasteiger partial charge on any atom is 0.406 e. The molecule has 1 aliphatic rings. The molecule has 5 nitrogen and oxygen atoms in total. The highest BCUT2D eigenvalue weighted by atomic mass is 16.7. The number of nitrogens with two attached hydrogens (primary N) is 1. The Labute approximate surface area is 115 Å². The lowest BCUT2D eigenvalue weighted by molar-refractivity contribution is -0.131. The Hall–Kier alpha value is -0.810. The number of primary amides is 1. The van der Waals surface area contributed by atoms with Crippen LogP contribution in [0.5, 0.6) is 0 Å². The van der Waals surface area contributed by atoms with E-state index in [9.17, 15) is 4.79 Å². The lowest BCUT2D eigenvalue weighted by atomic mass is 9.86. The zero-order chi connectivity index (χ0) is 14.5. The molecule has 1 rings (SSSR count). The third kappa shape index (κ3) is 6.25. The van der Waals surface area contributed by atoms with Crippen LogP contribution < -0.4 is 5.73 Å². The zero-order valence-corrected chi connectivity index (χ0v) is 12.5. The molecule has 1 fully saturated rings. The number of carbonyl (C=O) groups excluding carboxylic acids is 1. The number of hydrogen-bond acceptors (Lipinski definition) is 4. The van der Waals surface area contributed by atoms with E-state index >= 15 is 0 Å². The first kappa shape index (κ1) is 16.2. The molecule has 19 heavy (non-hydrogen) atoms. The predicted octanol–water partition coefficient (Wildman–Crippen LogP) is 2.68. The van der Waals surface area contributed by atoms with Gasteiger partial charge < -0.3 is 19.9 Å². The van der Waals surface area contributed by atoms with Crippen LogP contribution >= 0.6 is 0 Å². The van der Waals surface area contributed by atoms with Crippen molar-refractivity contribution >= 4 is 6.09 Å². The minimum Gasteiger partial charge on any atom is -0.419 e. The van der Waals surface area contributed by atoms with Crippen LogP contribution in [-0.4, -0.2) is 32.2 Å². The van der Waals surface area contributed by atoms with Gasteiger partial charge in [-0.1, -0.05) is 20.8 Å². The van der Waals surface area contributed by atoms with Gasteiger partial charge >= 0.3 is 6.09 Å². The summed E-state index contributed by atoms with van der Waals surface area (Å²) in [7, 11) is 1.54. The lowest BCUT2D eigenvalue weighted by Crippen LogP contribution is -2.35. The van der Waals surface area contributed by atoms with Crippen molar-refractivity contribution in [2.24, 2.45) is 17.1 Å². The maximum atomic E-state index is 10.8. The highest BCUT2D eigenvalue weighted by Gasteiger charge is 2.30. The molecule has 0 spiro atoms. The highest BCUT2D eigenvalue weighted by molar-refractivity contribution is 5.64. The van der Waals surface area contributed by atoms with Crippen LogP contribution in [0.2, 0.25) is 0 Å². The largest absolute Gasteiger partial charge is 0.419 e. The molecule has 1 aliphatic carbocycles. The Balaban J connectivity index is 2.33. The van der Waals surface area contributed by atoms with Gasteiger partial charge in [0.2, 0.25) is 6.29 Å². The number of methoxy groups -OCH3 is 1. The molecule has 5 heteroatoms. The lowest BCUT2D eigenvalue weighted by Gasteiger charge is -2.33. The van der Waals surface area contributed by atoms with Gasteiger partial charge in [0.25, 0.3) is 0 Å². The summed E-state index contributed by atoms with van der Waals surface area (Å²) in [6.45, 7) is 7.27. The Morgan fingerprint density at radius 1 is 1.26 bits per heavy atom. The summed E-state index contributed by atoms with van der Waals surface area (Å²) in [5.74, 6) is 0.215. The van der Waals surface area contributed by atoms with Crippen molar-refractivity contribution in [3.63, 3.8) is 0 Å². The molecular weight excluding hydrogens is 246 g/mol. The molecule has 0 radical (unpaired) electrons. The van der Waals surface area contributed by atoms with Gasteiger partial charge in [0, 0.05) is 13.0 Å². The van der Waals surface area contributed by atoms with Crippen LogP contribution in [0, 0.1) is 11.3 Å². The van der Waals surface area contributed by atoms with Crippen LogP contribution in [0.15, 0.2) is 0 Å². The Morgan fingerprint density at radius 3 is 2.26 bits per heavy atom. The Kier molecular flexibility index (Phi) is 6.07. The zero-order valence-electron chi connectivity index (χ0n) is 12.5. The quantitative estimate of drug-likeness (QED) is 0.782. The van der Waals surface area contributed by atoms with Gasteiger partial charge in [-0.2, -0.15) is 0 Å². The van der Waals surface area contributed by atoms with Crippen molar-refractivity contribution in [3.8, 4) is 0 Å². The van der Waals surface area contributed by atoms with E-state index in [0.29, 0.717) is 6.10 Å². The van der Waals surface area contributed by atoms with E-state index in [-0.39, 0.29) is 11.3 Å². The second-order valence-electron chi connectivity index (χ2n) is 6.45. The standard InChI is InChI=1S/C14H27NO4/c1-14(2,3)9-18-11-7-5-10(6-8-11)12(17-4)19-13(15)16/h10-12H,5-9H2,1-4H3,(H2,15,16). The third-order valence-corrected chi connectivity index (χ3v) is 3.32. The minimum atomic E-state index is -0.780. The fraction of sp³-hybridized carbons (Fsp3) is 0.929. The molecular formula is C14H27NO4. The van der Waals surface area contributed by atoms with Gasteiger partial charge in [0.15, 0.2) is 0 Å². The first-order valence-corrected chi connectivity index (χ1v) is 6.92. The smallest absolute Gasteiger partial charge is 0.406 e. The summed E-state index contributed by atoms with van der Waals surface area (Å²) in [4.78, 5) is 10.8. The molecule has 0 aliphatic heterocycles. The second kappa shape index (κ2) is 7.10. The van der Waals surface area contributed by atoms with Crippen molar-refractivity contribution in [2.45, 2.75) is 58.8 Å². The van der Waals surface area contributed by atoms with Gasteiger partial charge in [-0.3, -0.25) is 0 Å². The van der Waals surface area contributed by atoms with E-state index in [2.05, 4.69) is 20.8 Å². The fourth-order valence-corrected chi connectivity index (χ4v) is 2.35. The van der Waals surface area contributed by atoms with E-state index in [0.717, 1.165) is 32.3 Å². The highest BCUT2D eigenvalue weighted by Crippen LogP contribution is 2.31. The van der Waals surface area contributed by atoms with Crippen LogP contribution in [0.4, 0.5) is 4.79 Å². The molecule has 112 valence electrons. The first-order valence-electron chi connectivity index (χ1n) is 6.92. The van der Waals surface area contributed by atoms with Crippen molar-refractivity contribution in [1.82, 2.24) is 0 Å². The van der Waals surface area contributed by atoms with Gasteiger partial charge in [-0.05, 0) is 31.1 Å². The summed E-state index contributed by atoms with van der Waals surface area (Å²) in [6.07, 6.45) is 2.81. The Morgan fingerprint density at radius 2 is 1.84 bits per heavy atom. The fourth-order valence-electron chi connectivity index (χ4n) is 2.35. The van der Waals surface area contributed by atoms with Crippen LogP contribution in [0.3, 0.4) is 0 Å². The third-order valence-electron chi connectivity index (χ3n) is 3.32. The maximum absolute atomic E-state index is 10.8. The van der Waals surface area contributed by atoms with E-state index in [1.807, 2.05) is 0 Å². The van der Waals surface area contributed by atoms with Crippen molar-refractivity contribution in [2.75, 3.05) is 13.7 Å². The molecule has 0 aromatic carbocycles. The number of hydrogen-bond donors (Lipinski definition) is 1. The summed E-state index contributed by atoms with van der Waals surface area (Å²) in [5, 5.41) is 0. The Bertz CT molecular complexity index is 280. The van der Waals surface area contributed by atoms with E-state index in [4.69, 9.17) is 19.9 Å². The molecule has 0 aromatic heterocycles. The van der Waals surface area contributed by atoms with Crippen molar-refractivity contribution in [1.29, 1.82) is 0 Å². The topological polar surface area (TPSA) is 70.8 Å². The molecule has 1 amide bonds. The summed E-state index contributed by atoms with van der Waals surface area (Å²) >= 11 is 0. The van der Waals surface area contributed by atoms with Crippen LogP contribution in [-0.2, 0) is 14.2 Å². The molecule has 1 atom stereocenters. The average Bonchev–Trinajstić information content (AvgIpc) is 2.33. The van der Waals surface area contributed by atoms with E-state index in [1.54, 1.807) is 0 Å². The minimum absolute atomic E-state index is 0.195. The van der Waals surface area contributed by atoms with Crippen molar-refractivity contribution in [3.05, 3.63) is 0 Å². The summed E-state index contributed by atoms with van der Waals surface area (Å²) < 4.78 is 16.1. The molecule has 2 N–H and O–H groups in total. The molecule has 0 bridgehead atoms. The van der Waals surface area contributed by atoms with E-state index in [1.165, 1.54) is 7.11 Å². The van der Waals surface area contributed by atoms with Crippen LogP contribution in [0.25, 0.3) is 0 Å². The predicted molar refractivity (Wildman–Crippen MR) is 72.6 cm³/mol. The first-order chi connectivity index (χ1) is 8.81. The summed E-state index contributed by atoms with van der Waals surface area (Å²) in [5.41, 5.74) is 5.23. The van der Waals surface area contributed by atoms with Gasteiger partial charge in [0.1, 0.15) is 0 Å². The second-order valence-corrected chi connectivity index (χ2v) is 6.45. The monoisotopic (exact) mass is 273 g/mol. The van der Waals surface area contributed by atoms with E-state index < -0.39 is 12.4 Å². The molecule has 1 unspecified atom stereocenters. The molecule has 1 saturated carbocycles. The number of amides is 1. The van der Waals surface area contributed by atoms with Crippen molar-refractivity contribution < 1.29 is 19.0 Å². The SMILES string of the molecule is COC(OC(N)=O)C1CCC(OCC(C)(C)C)CC1. The molecule has 0 aromatic rings. The number of carbonyl (C=O) groups is 1. The molecule has 0 heterocycles. The summed E-state index contributed by atoms with van der Waals surface area (Å²) in [6, 6.07) is 0. The average molecular weight is 273 g/mol. The number of rotatable bonds is 5. The van der Waals surface area contributed by atoms with Gasteiger partial charge in [0.05, 0.1) is 12.7 Å². The van der Waals surface area contributed by atoms with Gasteiger partial charge in [-0.25, -0.2) is 4.79 Å². The van der Waals surface area contributed by atoms with Gasteiger partial charge in [-0.15, -0.1) is 0 Å². The number of ether oxygens (including phenoxy) is 3. The van der Waals surface area contributed by atoms with Crippen LogP contribution in [0.1, 0.15) is 46.5 Å². The molecule has 0 saturated heterocycles.